The monoisotopic (exact) mass is 360 g/mol. The van der Waals surface area contributed by atoms with Gasteiger partial charge in [-0.05, 0) is 36.8 Å². The Kier molecular flexibility index (Phi) is 11.6. The molecule has 24 heavy (non-hydrogen) atoms. The molecule has 1 atom stereocenters. The van der Waals surface area contributed by atoms with Crippen molar-refractivity contribution >= 4 is 17.7 Å². The van der Waals surface area contributed by atoms with Gasteiger partial charge in [-0.1, -0.05) is 53.4 Å². The second-order valence-electron chi connectivity index (χ2n) is 6.15. The minimum Gasteiger partial charge on any atom is -0.545 e. The van der Waals surface area contributed by atoms with Crippen LogP contribution in [0.1, 0.15) is 79.1 Å². The number of hydrogen-bond acceptors (Lipinski definition) is 4. The molecule has 0 fully saturated rings. The SMILES string of the molecule is CCCCC1(CCC)N=C(/C(CCC)=C(\CC)C(=O)[O-])NC1=O.[K+]. The number of aliphatic carboxylic acids is 1. The molecule has 0 saturated heterocycles. The van der Waals surface area contributed by atoms with E-state index in [1.807, 2.05) is 13.8 Å². The van der Waals surface area contributed by atoms with Crippen LogP contribution in [0.25, 0.3) is 0 Å². The molecule has 1 heterocycles. The smallest absolute Gasteiger partial charge is 0.545 e. The third kappa shape index (κ3) is 5.76. The van der Waals surface area contributed by atoms with Gasteiger partial charge < -0.3 is 15.2 Å². The second kappa shape index (κ2) is 11.6. The summed E-state index contributed by atoms with van der Waals surface area (Å²) < 4.78 is 0. The molecule has 0 bridgehead atoms. The van der Waals surface area contributed by atoms with Crippen LogP contribution in [0, 0.1) is 0 Å². The Balaban J connectivity index is 0.00000529. The van der Waals surface area contributed by atoms with Gasteiger partial charge in [0.1, 0.15) is 11.4 Å². The average Bonchev–Trinajstić information content (AvgIpc) is 2.82. The van der Waals surface area contributed by atoms with E-state index in [4.69, 9.17) is 4.99 Å². The van der Waals surface area contributed by atoms with Crippen molar-refractivity contribution in [2.24, 2.45) is 4.99 Å². The van der Waals surface area contributed by atoms with Crippen molar-refractivity contribution in [1.82, 2.24) is 5.32 Å². The van der Waals surface area contributed by atoms with Crippen LogP contribution in [0.4, 0.5) is 0 Å². The van der Waals surface area contributed by atoms with Gasteiger partial charge in [-0.2, -0.15) is 0 Å². The van der Waals surface area contributed by atoms with E-state index in [1.54, 1.807) is 6.92 Å². The van der Waals surface area contributed by atoms with Gasteiger partial charge in [0, 0.05) is 0 Å². The Morgan fingerprint density at radius 1 is 1.12 bits per heavy atom. The van der Waals surface area contributed by atoms with E-state index in [0.29, 0.717) is 37.1 Å². The summed E-state index contributed by atoms with van der Waals surface area (Å²) in [6, 6.07) is 0. The second-order valence-corrected chi connectivity index (χ2v) is 6.15. The van der Waals surface area contributed by atoms with Gasteiger partial charge >= 0.3 is 51.4 Å². The zero-order chi connectivity index (χ0) is 17.5. The maximum absolute atomic E-state index is 12.6. The molecule has 0 radical (unpaired) electrons. The fourth-order valence-corrected chi connectivity index (χ4v) is 3.15. The molecule has 0 aromatic carbocycles. The number of amides is 1. The Bertz CT molecular complexity index is 514. The molecule has 6 heteroatoms. The van der Waals surface area contributed by atoms with Gasteiger partial charge in [0.15, 0.2) is 0 Å². The van der Waals surface area contributed by atoms with Crippen molar-refractivity contribution < 1.29 is 66.1 Å². The standard InChI is InChI=1S/C18H30N2O3.K/c1-5-9-12-18(11-7-3)17(23)19-15(20-18)14(10-6-2)13(8-4)16(21)22;/h5-12H2,1-4H3,(H,21,22)(H,19,20,23);/q;+1/p-1/b14-13+;. The van der Waals surface area contributed by atoms with Crippen LogP contribution in [0.5, 0.6) is 0 Å². The number of carboxylic acids is 1. The summed E-state index contributed by atoms with van der Waals surface area (Å²) in [6.45, 7) is 7.89. The number of amidine groups is 1. The minimum atomic E-state index is -1.17. The zero-order valence-corrected chi connectivity index (χ0v) is 19.0. The molecule has 0 saturated carbocycles. The van der Waals surface area contributed by atoms with Gasteiger partial charge in [-0.15, -0.1) is 0 Å². The molecule has 0 aliphatic carbocycles. The number of carbonyl (C=O) groups is 2. The van der Waals surface area contributed by atoms with Crippen molar-refractivity contribution in [1.29, 1.82) is 0 Å². The quantitative estimate of drug-likeness (QED) is 0.421. The van der Waals surface area contributed by atoms with Gasteiger partial charge in [-0.3, -0.25) is 9.79 Å². The summed E-state index contributed by atoms with van der Waals surface area (Å²) >= 11 is 0. The van der Waals surface area contributed by atoms with Crippen LogP contribution >= 0.6 is 0 Å². The molecule has 1 aliphatic rings. The van der Waals surface area contributed by atoms with E-state index in [1.165, 1.54) is 0 Å². The molecule has 1 amide bonds. The normalized spacial score (nSPS) is 20.8. The van der Waals surface area contributed by atoms with Gasteiger partial charge in [0.25, 0.3) is 5.91 Å². The predicted molar refractivity (Wildman–Crippen MR) is 90.0 cm³/mol. The predicted octanol–water partition coefficient (Wildman–Crippen LogP) is -0.496. The van der Waals surface area contributed by atoms with E-state index >= 15 is 0 Å². The van der Waals surface area contributed by atoms with Crippen LogP contribution in [0.3, 0.4) is 0 Å². The first-order valence-electron chi connectivity index (χ1n) is 8.80. The number of hydrogen-bond donors (Lipinski definition) is 1. The van der Waals surface area contributed by atoms with Gasteiger partial charge in [0.2, 0.25) is 0 Å². The zero-order valence-electron chi connectivity index (χ0n) is 15.8. The number of carbonyl (C=O) groups excluding carboxylic acids is 2. The van der Waals surface area contributed by atoms with E-state index in [-0.39, 0.29) is 62.9 Å². The third-order valence-corrected chi connectivity index (χ3v) is 4.34. The fraction of sp³-hybridized carbons (Fsp3) is 0.722. The molecule has 1 N–H and O–H groups in total. The van der Waals surface area contributed by atoms with E-state index in [9.17, 15) is 14.7 Å². The Hall–Kier alpha value is -0.0136. The summed E-state index contributed by atoms with van der Waals surface area (Å²) in [5.41, 5.74) is 0.135. The average molecular weight is 361 g/mol. The molecule has 5 nitrogen and oxygen atoms in total. The molecule has 0 aromatic rings. The van der Waals surface area contributed by atoms with Crippen LogP contribution < -0.4 is 61.8 Å². The Morgan fingerprint density at radius 3 is 2.25 bits per heavy atom. The molecular formula is C18H29KN2O3. The van der Waals surface area contributed by atoms with Crippen molar-refractivity contribution in [3.63, 3.8) is 0 Å². The number of unbranched alkanes of at least 4 members (excludes halogenated alkanes) is 1. The van der Waals surface area contributed by atoms with E-state index in [0.717, 1.165) is 25.7 Å². The van der Waals surface area contributed by atoms with Gasteiger partial charge in [-0.25, -0.2) is 0 Å². The first-order chi connectivity index (χ1) is 11.0. The number of nitrogens with zero attached hydrogens (tertiary/aromatic N) is 1. The number of aliphatic imine (C=N–C) groups is 1. The molecule has 1 unspecified atom stereocenters. The number of carboxylic acid groups (broad SMARTS) is 1. The maximum Gasteiger partial charge on any atom is 1.00 e. The molecule has 1 rings (SSSR count). The van der Waals surface area contributed by atoms with Crippen molar-refractivity contribution in [2.75, 3.05) is 0 Å². The van der Waals surface area contributed by atoms with Crippen LogP contribution in [0.15, 0.2) is 16.1 Å². The third-order valence-electron chi connectivity index (χ3n) is 4.34. The van der Waals surface area contributed by atoms with Crippen LogP contribution in [0.2, 0.25) is 0 Å². The topological polar surface area (TPSA) is 81.6 Å². The molecule has 0 aromatic heterocycles. The summed E-state index contributed by atoms with van der Waals surface area (Å²) in [5, 5.41) is 14.3. The number of nitrogens with one attached hydrogen (secondary N) is 1. The minimum absolute atomic E-state index is 0. The molecule has 0 spiro atoms. The van der Waals surface area contributed by atoms with Crippen LogP contribution in [-0.4, -0.2) is 23.3 Å². The first kappa shape index (κ1) is 24.0. The Morgan fingerprint density at radius 2 is 1.79 bits per heavy atom. The largest absolute Gasteiger partial charge is 1.00 e. The molecular weight excluding hydrogens is 331 g/mol. The summed E-state index contributed by atoms with van der Waals surface area (Å²) in [5.74, 6) is -0.817. The molecule has 130 valence electrons. The summed E-state index contributed by atoms with van der Waals surface area (Å²) in [6.07, 6.45) is 5.92. The van der Waals surface area contributed by atoms with E-state index < -0.39 is 11.5 Å². The Labute approximate surface area is 188 Å². The maximum atomic E-state index is 12.6. The number of rotatable bonds is 10. The summed E-state index contributed by atoms with van der Waals surface area (Å²) in [7, 11) is 0. The van der Waals surface area contributed by atoms with Crippen molar-refractivity contribution in [3.8, 4) is 0 Å². The fourth-order valence-electron chi connectivity index (χ4n) is 3.15. The van der Waals surface area contributed by atoms with E-state index in [2.05, 4.69) is 12.2 Å². The van der Waals surface area contributed by atoms with Crippen molar-refractivity contribution in [2.45, 2.75) is 84.6 Å². The van der Waals surface area contributed by atoms with Crippen molar-refractivity contribution in [3.05, 3.63) is 11.1 Å². The van der Waals surface area contributed by atoms with Crippen LogP contribution in [-0.2, 0) is 9.59 Å². The van der Waals surface area contributed by atoms with Gasteiger partial charge in [0.05, 0.1) is 5.97 Å². The first-order valence-corrected chi connectivity index (χ1v) is 8.80. The molecule has 1 aliphatic heterocycles. The summed E-state index contributed by atoms with van der Waals surface area (Å²) in [4.78, 5) is 28.7.